The van der Waals surface area contributed by atoms with Crippen molar-refractivity contribution in [3.63, 3.8) is 0 Å². The number of likely N-dealkylation sites (tertiary alicyclic amines) is 1. The molecule has 2 aromatic carbocycles. The van der Waals surface area contributed by atoms with Gasteiger partial charge in [-0.2, -0.15) is 0 Å². The average Bonchev–Trinajstić information content (AvgIpc) is 3.01. The van der Waals surface area contributed by atoms with Crippen molar-refractivity contribution in [3.05, 3.63) is 70.4 Å². The van der Waals surface area contributed by atoms with Gasteiger partial charge in [-0.05, 0) is 72.9 Å². The summed E-state index contributed by atoms with van der Waals surface area (Å²) in [5.41, 5.74) is 6.06. The first-order chi connectivity index (χ1) is 14.8. The highest BCUT2D eigenvalue weighted by molar-refractivity contribution is 6.45. The molecule has 2 aliphatic heterocycles. The number of piperidine rings is 1. The van der Waals surface area contributed by atoms with Gasteiger partial charge in [0.2, 0.25) is 0 Å². The fraction of sp³-hybridized carbons (Fsp3) is 0.407. The standard InChI is InChI=1S/C27H32N2O2/c1-17(2)21-8-10-23(11-9-21)29-26(30)24(22-7-6-19(4)20(5)16-22)25(27(29)31)28-14-12-18(3)13-15-28/h6-11,16-18H,12-15H2,1-5H3. The van der Waals surface area contributed by atoms with Gasteiger partial charge < -0.3 is 4.90 Å². The third kappa shape index (κ3) is 3.91. The number of rotatable bonds is 4. The molecule has 31 heavy (non-hydrogen) atoms. The molecular formula is C27H32N2O2. The minimum Gasteiger partial charge on any atom is -0.366 e. The molecule has 4 rings (SSSR count). The van der Waals surface area contributed by atoms with Crippen LogP contribution >= 0.6 is 0 Å². The second kappa shape index (κ2) is 8.33. The summed E-state index contributed by atoms with van der Waals surface area (Å²) in [7, 11) is 0. The smallest absolute Gasteiger partial charge is 0.282 e. The maximum atomic E-state index is 13.7. The van der Waals surface area contributed by atoms with E-state index in [2.05, 4.69) is 32.6 Å². The van der Waals surface area contributed by atoms with Gasteiger partial charge in [0.1, 0.15) is 5.70 Å². The highest BCUT2D eigenvalue weighted by Gasteiger charge is 2.43. The second-order valence-corrected chi connectivity index (χ2v) is 9.38. The van der Waals surface area contributed by atoms with Crippen LogP contribution in [0.4, 0.5) is 5.69 Å². The Balaban J connectivity index is 1.79. The maximum Gasteiger partial charge on any atom is 0.282 e. The highest BCUT2D eigenvalue weighted by atomic mass is 16.2. The molecule has 0 spiro atoms. The van der Waals surface area contributed by atoms with Crippen LogP contribution in [-0.2, 0) is 9.59 Å². The number of amides is 2. The molecule has 4 heteroatoms. The van der Waals surface area contributed by atoms with Gasteiger partial charge in [0, 0.05) is 13.1 Å². The molecule has 0 aromatic heterocycles. The highest BCUT2D eigenvalue weighted by Crippen LogP contribution is 2.37. The van der Waals surface area contributed by atoms with E-state index < -0.39 is 0 Å². The maximum absolute atomic E-state index is 13.7. The normalized spacial score (nSPS) is 18.0. The van der Waals surface area contributed by atoms with Gasteiger partial charge in [0.25, 0.3) is 11.8 Å². The summed E-state index contributed by atoms with van der Waals surface area (Å²) >= 11 is 0. The fourth-order valence-electron chi connectivity index (χ4n) is 4.44. The Kier molecular flexibility index (Phi) is 5.74. The number of carbonyl (C=O) groups excluding carboxylic acids is 2. The van der Waals surface area contributed by atoms with Crippen molar-refractivity contribution in [3.8, 4) is 0 Å². The molecule has 0 unspecified atom stereocenters. The quantitative estimate of drug-likeness (QED) is 0.623. The van der Waals surface area contributed by atoms with Crippen LogP contribution in [0.3, 0.4) is 0 Å². The van der Waals surface area contributed by atoms with Crippen LogP contribution in [-0.4, -0.2) is 29.8 Å². The van der Waals surface area contributed by atoms with Crippen molar-refractivity contribution < 1.29 is 9.59 Å². The number of hydrogen-bond donors (Lipinski definition) is 0. The van der Waals surface area contributed by atoms with Crippen LogP contribution in [0.2, 0.25) is 0 Å². The van der Waals surface area contributed by atoms with Gasteiger partial charge in [0.15, 0.2) is 0 Å². The zero-order chi connectivity index (χ0) is 22.3. The predicted octanol–water partition coefficient (Wildman–Crippen LogP) is 5.44. The van der Waals surface area contributed by atoms with Crippen molar-refractivity contribution >= 4 is 23.1 Å². The summed E-state index contributed by atoms with van der Waals surface area (Å²) in [6, 6.07) is 13.8. The van der Waals surface area contributed by atoms with E-state index in [1.165, 1.54) is 16.0 Å². The summed E-state index contributed by atoms with van der Waals surface area (Å²) in [6.45, 7) is 12.2. The van der Waals surface area contributed by atoms with E-state index in [1.807, 2.05) is 49.4 Å². The largest absolute Gasteiger partial charge is 0.366 e. The molecule has 2 heterocycles. The Morgan fingerprint density at radius 2 is 1.52 bits per heavy atom. The van der Waals surface area contributed by atoms with E-state index in [-0.39, 0.29) is 11.8 Å². The second-order valence-electron chi connectivity index (χ2n) is 9.38. The van der Waals surface area contributed by atoms with Crippen LogP contribution in [0.25, 0.3) is 5.57 Å². The van der Waals surface area contributed by atoms with E-state index in [9.17, 15) is 9.59 Å². The summed E-state index contributed by atoms with van der Waals surface area (Å²) < 4.78 is 0. The summed E-state index contributed by atoms with van der Waals surface area (Å²) in [5, 5.41) is 0. The summed E-state index contributed by atoms with van der Waals surface area (Å²) in [5.74, 6) is 0.618. The molecule has 0 bridgehead atoms. The zero-order valence-corrected chi connectivity index (χ0v) is 19.2. The lowest BCUT2D eigenvalue weighted by molar-refractivity contribution is -0.120. The van der Waals surface area contributed by atoms with Crippen molar-refractivity contribution in [2.45, 2.75) is 53.4 Å². The fourth-order valence-corrected chi connectivity index (χ4v) is 4.44. The molecule has 0 N–H and O–H groups in total. The van der Waals surface area contributed by atoms with Gasteiger partial charge in [-0.3, -0.25) is 9.59 Å². The number of nitrogens with zero attached hydrogens (tertiary/aromatic N) is 2. The lowest BCUT2D eigenvalue weighted by Crippen LogP contribution is -2.38. The Morgan fingerprint density at radius 3 is 2.10 bits per heavy atom. The monoisotopic (exact) mass is 416 g/mol. The lowest BCUT2D eigenvalue weighted by atomic mass is 9.96. The van der Waals surface area contributed by atoms with Crippen molar-refractivity contribution in [2.24, 2.45) is 5.92 Å². The third-order valence-corrected chi connectivity index (χ3v) is 6.77. The first-order valence-corrected chi connectivity index (χ1v) is 11.3. The first kappa shape index (κ1) is 21.4. The van der Waals surface area contributed by atoms with Crippen LogP contribution in [0.1, 0.15) is 61.8 Å². The van der Waals surface area contributed by atoms with Crippen LogP contribution in [0, 0.1) is 19.8 Å². The average molecular weight is 417 g/mol. The van der Waals surface area contributed by atoms with E-state index in [0.29, 0.717) is 28.8 Å². The van der Waals surface area contributed by atoms with Crippen LogP contribution in [0.15, 0.2) is 48.2 Å². The van der Waals surface area contributed by atoms with Gasteiger partial charge in [0.05, 0.1) is 11.3 Å². The summed E-state index contributed by atoms with van der Waals surface area (Å²) in [6.07, 6.45) is 2.07. The number of benzene rings is 2. The molecule has 0 radical (unpaired) electrons. The van der Waals surface area contributed by atoms with Crippen molar-refractivity contribution in [2.75, 3.05) is 18.0 Å². The molecule has 162 valence electrons. The minimum atomic E-state index is -0.223. The number of hydrogen-bond acceptors (Lipinski definition) is 3. The molecule has 4 nitrogen and oxygen atoms in total. The molecule has 1 fully saturated rings. The first-order valence-electron chi connectivity index (χ1n) is 11.3. The van der Waals surface area contributed by atoms with E-state index >= 15 is 0 Å². The van der Waals surface area contributed by atoms with Crippen LogP contribution < -0.4 is 4.90 Å². The third-order valence-electron chi connectivity index (χ3n) is 6.77. The lowest BCUT2D eigenvalue weighted by Gasteiger charge is -2.32. The van der Waals surface area contributed by atoms with Crippen molar-refractivity contribution in [1.29, 1.82) is 0 Å². The molecule has 2 aromatic rings. The number of aryl methyl sites for hydroxylation is 2. The Morgan fingerprint density at radius 1 is 0.871 bits per heavy atom. The molecular weight excluding hydrogens is 384 g/mol. The summed E-state index contributed by atoms with van der Waals surface area (Å²) in [4.78, 5) is 30.8. The Labute approximate surface area is 185 Å². The molecule has 0 aliphatic carbocycles. The zero-order valence-electron chi connectivity index (χ0n) is 19.2. The molecule has 2 aliphatic rings. The van der Waals surface area contributed by atoms with E-state index in [4.69, 9.17) is 0 Å². The van der Waals surface area contributed by atoms with E-state index in [0.717, 1.165) is 37.1 Å². The van der Waals surface area contributed by atoms with Crippen molar-refractivity contribution in [1.82, 2.24) is 4.90 Å². The van der Waals surface area contributed by atoms with Gasteiger partial charge >= 0.3 is 0 Å². The van der Waals surface area contributed by atoms with Crippen LogP contribution in [0.5, 0.6) is 0 Å². The number of anilines is 1. The molecule has 1 saturated heterocycles. The van der Waals surface area contributed by atoms with Gasteiger partial charge in [-0.1, -0.05) is 51.1 Å². The number of imide groups is 1. The topological polar surface area (TPSA) is 40.6 Å². The SMILES string of the molecule is Cc1ccc(C2=C(N3CCC(C)CC3)C(=O)N(c3ccc(C(C)C)cc3)C2=O)cc1C. The molecule has 0 saturated carbocycles. The molecule has 2 amide bonds. The van der Waals surface area contributed by atoms with Gasteiger partial charge in [-0.15, -0.1) is 0 Å². The minimum absolute atomic E-state index is 0.204. The number of carbonyl (C=O) groups is 2. The Bertz CT molecular complexity index is 1040. The van der Waals surface area contributed by atoms with Gasteiger partial charge in [-0.25, -0.2) is 4.90 Å². The predicted molar refractivity (Wildman–Crippen MR) is 126 cm³/mol. The molecule has 0 atom stereocenters. The Hall–Kier alpha value is -2.88. The van der Waals surface area contributed by atoms with E-state index in [1.54, 1.807) is 0 Å².